The van der Waals surface area contributed by atoms with E-state index >= 15 is 0 Å². The zero-order valence-electron chi connectivity index (χ0n) is 9.38. The fraction of sp³-hybridized carbons (Fsp3) is 1.00. The molecule has 2 rings (SSSR count). The molecule has 2 fully saturated rings. The SMILES string of the molecule is CN1CC2CN(C)CC(C1)C2(C)C. The molecule has 0 aliphatic carbocycles. The van der Waals surface area contributed by atoms with E-state index < -0.39 is 0 Å². The van der Waals surface area contributed by atoms with Gasteiger partial charge in [-0.3, -0.25) is 0 Å². The van der Waals surface area contributed by atoms with Crippen LogP contribution in [0.25, 0.3) is 0 Å². The van der Waals surface area contributed by atoms with Crippen molar-refractivity contribution in [2.75, 3.05) is 40.3 Å². The Morgan fingerprint density at radius 3 is 1.46 bits per heavy atom. The summed E-state index contributed by atoms with van der Waals surface area (Å²) in [6.45, 7) is 10.1. The second kappa shape index (κ2) is 2.96. The zero-order chi connectivity index (χ0) is 9.64. The van der Waals surface area contributed by atoms with Gasteiger partial charge in [0.05, 0.1) is 0 Å². The molecule has 2 bridgehead atoms. The van der Waals surface area contributed by atoms with Crippen molar-refractivity contribution in [2.45, 2.75) is 13.8 Å². The monoisotopic (exact) mass is 182 g/mol. The van der Waals surface area contributed by atoms with Gasteiger partial charge in [-0.05, 0) is 31.3 Å². The molecule has 0 N–H and O–H groups in total. The number of hydrogen-bond donors (Lipinski definition) is 0. The Balaban J connectivity index is 2.19. The fourth-order valence-electron chi connectivity index (χ4n) is 3.04. The van der Waals surface area contributed by atoms with Crippen molar-refractivity contribution in [3.05, 3.63) is 0 Å². The van der Waals surface area contributed by atoms with Gasteiger partial charge in [0.25, 0.3) is 0 Å². The van der Waals surface area contributed by atoms with E-state index in [0.717, 1.165) is 11.8 Å². The molecule has 0 aromatic carbocycles. The van der Waals surface area contributed by atoms with E-state index in [9.17, 15) is 0 Å². The maximum Gasteiger partial charge on any atom is 0.00242 e. The van der Waals surface area contributed by atoms with E-state index in [1.807, 2.05) is 0 Å². The van der Waals surface area contributed by atoms with E-state index in [-0.39, 0.29) is 0 Å². The van der Waals surface area contributed by atoms with Gasteiger partial charge in [-0.25, -0.2) is 0 Å². The van der Waals surface area contributed by atoms with Crippen LogP contribution in [-0.2, 0) is 0 Å². The molecular weight excluding hydrogens is 160 g/mol. The lowest BCUT2D eigenvalue weighted by Crippen LogP contribution is -2.59. The van der Waals surface area contributed by atoms with E-state index in [1.54, 1.807) is 0 Å². The lowest BCUT2D eigenvalue weighted by atomic mass is 9.64. The fourth-order valence-corrected chi connectivity index (χ4v) is 3.04. The summed E-state index contributed by atoms with van der Waals surface area (Å²) in [5, 5.41) is 0. The van der Waals surface area contributed by atoms with Gasteiger partial charge >= 0.3 is 0 Å². The van der Waals surface area contributed by atoms with Crippen molar-refractivity contribution in [3.8, 4) is 0 Å². The van der Waals surface area contributed by atoms with E-state index in [1.165, 1.54) is 26.2 Å². The van der Waals surface area contributed by atoms with Crippen LogP contribution < -0.4 is 0 Å². The first kappa shape index (κ1) is 9.47. The summed E-state index contributed by atoms with van der Waals surface area (Å²) in [5.41, 5.74) is 0.568. The highest BCUT2D eigenvalue weighted by atomic mass is 15.2. The lowest BCUT2D eigenvalue weighted by molar-refractivity contribution is -0.0566. The molecule has 0 aromatic rings. The van der Waals surface area contributed by atoms with Gasteiger partial charge in [-0.2, -0.15) is 0 Å². The summed E-state index contributed by atoms with van der Waals surface area (Å²) < 4.78 is 0. The van der Waals surface area contributed by atoms with E-state index in [2.05, 4.69) is 37.7 Å². The minimum Gasteiger partial charge on any atom is -0.306 e. The van der Waals surface area contributed by atoms with Crippen molar-refractivity contribution in [2.24, 2.45) is 17.3 Å². The number of rotatable bonds is 0. The Morgan fingerprint density at radius 1 is 0.846 bits per heavy atom. The maximum absolute atomic E-state index is 2.51. The summed E-state index contributed by atoms with van der Waals surface area (Å²) in [5.74, 6) is 1.74. The molecule has 2 aliphatic rings. The summed E-state index contributed by atoms with van der Waals surface area (Å²) in [4.78, 5) is 5.02. The molecule has 2 heteroatoms. The third-order valence-electron chi connectivity index (χ3n) is 4.23. The van der Waals surface area contributed by atoms with Gasteiger partial charge < -0.3 is 9.80 Å². The molecule has 2 heterocycles. The number of likely N-dealkylation sites (tertiary alicyclic amines) is 2. The second-order valence-corrected chi connectivity index (χ2v) is 5.66. The van der Waals surface area contributed by atoms with Crippen LogP contribution >= 0.6 is 0 Å². The van der Waals surface area contributed by atoms with Crippen LogP contribution in [0, 0.1) is 17.3 Å². The Labute approximate surface area is 81.9 Å². The topological polar surface area (TPSA) is 6.48 Å². The predicted octanol–water partition coefficient (Wildman–Crippen LogP) is 1.14. The van der Waals surface area contributed by atoms with Gasteiger partial charge in [0.15, 0.2) is 0 Å². The Kier molecular flexibility index (Phi) is 2.16. The van der Waals surface area contributed by atoms with Crippen LogP contribution in [0.3, 0.4) is 0 Å². The first-order valence-corrected chi connectivity index (χ1v) is 5.37. The Hall–Kier alpha value is -0.0800. The maximum atomic E-state index is 2.51. The van der Waals surface area contributed by atoms with Crippen LogP contribution in [0.15, 0.2) is 0 Å². The molecule has 0 aromatic heterocycles. The Morgan fingerprint density at radius 2 is 1.15 bits per heavy atom. The van der Waals surface area contributed by atoms with Crippen LogP contribution in [0.4, 0.5) is 0 Å². The third-order valence-corrected chi connectivity index (χ3v) is 4.23. The molecule has 0 saturated carbocycles. The summed E-state index contributed by atoms with van der Waals surface area (Å²) in [7, 11) is 4.53. The molecule has 0 radical (unpaired) electrons. The molecule has 0 spiro atoms. The summed E-state index contributed by atoms with van der Waals surface area (Å²) in [6, 6.07) is 0. The third kappa shape index (κ3) is 1.50. The number of fused-ring (bicyclic) bond motifs is 2. The smallest absolute Gasteiger partial charge is 0.00242 e. The molecular formula is C11H22N2. The molecule has 13 heavy (non-hydrogen) atoms. The molecule has 0 atom stereocenters. The van der Waals surface area contributed by atoms with E-state index in [0.29, 0.717) is 5.41 Å². The van der Waals surface area contributed by atoms with Crippen molar-refractivity contribution in [3.63, 3.8) is 0 Å². The van der Waals surface area contributed by atoms with Gasteiger partial charge in [0.2, 0.25) is 0 Å². The highest BCUT2D eigenvalue weighted by molar-refractivity contribution is 4.97. The summed E-state index contributed by atoms with van der Waals surface area (Å²) in [6.07, 6.45) is 0. The lowest BCUT2D eigenvalue weighted by Gasteiger charge is -2.54. The van der Waals surface area contributed by atoms with Crippen LogP contribution in [0.2, 0.25) is 0 Å². The van der Waals surface area contributed by atoms with Crippen molar-refractivity contribution in [1.29, 1.82) is 0 Å². The molecule has 2 aliphatic heterocycles. The molecule has 76 valence electrons. The number of piperidine rings is 2. The first-order chi connectivity index (χ1) is 6.00. The standard InChI is InChI=1S/C11H22N2/c1-11(2)9-5-12(3)6-10(11)8-13(4)7-9/h9-10H,5-8H2,1-4H3. The summed E-state index contributed by atoms with van der Waals surface area (Å²) >= 11 is 0. The van der Waals surface area contributed by atoms with Gasteiger partial charge in [-0.1, -0.05) is 13.8 Å². The molecule has 0 amide bonds. The minimum absolute atomic E-state index is 0.568. The van der Waals surface area contributed by atoms with Crippen LogP contribution in [0.5, 0.6) is 0 Å². The van der Waals surface area contributed by atoms with Gasteiger partial charge in [0, 0.05) is 26.2 Å². The average molecular weight is 182 g/mol. The van der Waals surface area contributed by atoms with Crippen LogP contribution in [-0.4, -0.2) is 50.1 Å². The van der Waals surface area contributed by atoms with Crippen LogP contribution in [0.1, 0.15) is 13.8 Å². The number of hydrogen-bond acceptors (Lipinski definition) is 2. The highest BCUT2D eigenvalue weighted by Gasteiger charge is 2.45. The highest BCUT2D eigenvalue weighted by Crippen LogP contribution is 2.43. The van der Waals surface area contributed by atoms with Gasteiger partial charge in [-0.15, -0.1) is 0 Å². The molecule has 0 unspecified atom stereocenters. The largest absolute Gasteiger partial charge is 0.306 e. The Bertz CT molecular complexity index is 168. The molecule has 2 nitrogen and oxygen atoms in total. The van der Waals surface area contributed by atoms with Crippen molar-refractivity contribution < 1.29 is 0 Å². The van der Waals surface area contributed by atoms with E-state index in [4.69, 9.17) is 0 Å². The minimum atomic E-state index is 0.568. The number of nitrogens with zero attached hydrogens (tertiary/aromatic N) is 2. The van der Waals surface area contributed by atoms with Crippen molar-refractivity contribution >= 4 is 0 Å². The normalized spacial score (nSPS) is 40.6. The first-order valence-electron chi connectivity index (χ1n) is 5.37. The second-order valence-electron chi connectivity index (χ2n) is 5.66. The van der Waals surface area contributed by atoms with Gasteiger partial charge in [0.1, 0.15) is 0 Å². The average Bonchev–Trinajstić information content (AvgIpc) is 1.95. The predicted molar refractivity (Wildman–Crippen MR) is 55.8 cm³/mol. The van der Waals surface area contributed by atoms with Crippen molar-refractivity contribution in [1.82, 2.24) is 9.80 Å². The zero-order valence-corrected chi connectivity index (χ0v) is 9.38. The molecule has 2 saturated heterocycles. The quantitative estimate of drug-likeness (QED) is 0.554.